The highest BCUT2D eigenvalue weighted by atomic mass is 16.5. The van der Waals surface area contributed by atoms with E-state index in [1.54, 1.807) is 6.92 Å². The van der Waals surface area contributed by atoms with Gasteiger partial charge in [-0.05, 0) is 13.3 Å². The molecule has 2 saturated heterocycles. The van der Waals surface area contributed by atoms with Gasteiger partial charge in [-0.3, -0.25) is 4.79 Å². The van der Waals surface area contributed by atoms with Gasteiger partial charge in [-0.25, -0.2) is 0 Å². The van der Waals surface area contributed by atoms with Crippen molar-refractivity contribution in [2.24, 2.45) is 5.73 Å². The molecule has 2 N–H and O–H groups in total. The molecule has 2 aliphatic rings. The predicted molar refractivity (Wildman–Crippen MR) is 43.5 cm³/mol. The number of nitrogens with zero attached hydrogens (tertiary/aromatic N) is 1. The van der Waals surface area contributed by atoms with E-state index >= 15 is 0 Å². The van der Waals surface area contributed by atoms with Crippen LogP contribution in [-0.4, -0.2) is 42.1 Å². The molecular formula is C8H14N2O2. The molecule has 0 aromatic carbocycles. The van der Waals surface area contributed by atoms with E-state index in [-0.39, 0.29) is 18.1 Å². The smallest absolute Gasteiger partial charge is 0.239 e. The fraction of sp³-hybridized carbons (Fsp3) is 0.875. The van der Waals surface area contributed by atoms with E-state index in [0.717, 1.165) is 13.0 Å². The van der Waals surface area contributed by atoms with E-state index in [1.807, 2.05) is 4.90 Å². The normalized spacial score (nSPS) is 35.7. The summed E-state index contributed by atoms with van der Waals surface area (Å²) < 4.78 is 5.38. The molecule has 0 aliphatic carbocycles. The van der Waals surface area contributed by atoms with Gasteiger partial charge in [-0.15, -0.1) is 0 Å². The van der Waals surface area contributed by atoms with Crippen molar-refractivity contribution in [1.82, 2.24) is 4.90 Å². The van der Waals surface area contributed by atoms with Gasteiger partial charge in [-0.2, -0.15) is 0 Å². The number of carbonyl (C=O) groups excluding carboxylic acids is 1. The maximum atomic E-state index is 11.5. The number of rotatable bonds is 1. The number of hydrogen-bond acceptors (Lipinski definition) is 3. The van der Waals surface area contributed by atoms with Gasteiger partial charge in [0, 0.05) is 6.54 Å². The minimum absolute atomic E-state index is 0.0609. The fourth-order valence-electron chi connectivity index (χ4n) is 1.93. The van der Waals surface area contributed by atoms with E-state index in [9.17, 15) is 4.79 Å². The van der Waals surface area contributed by atoms with Crippen molar-refractivity contribution in [3.8, 4) is 0 Å². The summed E-state index contributed by atoms with van der Waals surface area (Å²) in [5, 5.41) is 0. The first-order valence-corrected chi connectivity index (χ1v) is 4.36. The standard InChI is InChI=1S/C8H14N2O2/c1-5(9)8(11)10-3-7-2-6(10)4-12-7/h5-7H,2-4,9H2,1H3/t5-,6+,7-/m0/s1. The van der Waals surface area contributed by atoms with E-state index in [0.29, 0.717) is 12.6 Å². The number of fused-ring (bicyclic) bond motifs is 2. The Bertz CT molecular complexity index is 205. The summed E-state index contributed by atoms with van der Waals surface area (Å²) in [7, 11) is 0. The second-order valence-electron chi connectivity index (χ2n) is 3.62. The average molecular weight is 170 g/mol. The minimum Gasteiger partial charge on any atom is -0.374 e. The third-order valence-corrected chi connectivity index (χ3v) is 2.57. The Hall–Kier alpha value is -0.610. The lowest BCUT2D eigenvalue weighted by molar-refractivity contribution is -0.136. The Morgan fingerprint density at radius 1 is 1.75 bits per heavy atom. The van der Waals surface area contributed by atoms with Gasteiger partial charge in [-0.1, -0.05) is 0 Å². The molecule has 1 amide bonds. The summed E-state index contributed by atoms with van der Waals surface area (Å²) in [6.07, 6.45) is 1.27. The Labute approximate surface area is 71.7 Å². The molecule has 12 heavy (non-hydrogen) atoms. The van der Waals surface area contributed by atoms with Crippen LogP contribution in [0.25, 0.3) is 0 Å². The summed E-state index contributed by atoms with van der Waals surface area (Å²) in [6, 6.07) is -0.0714. The minimum atomic E-state index is -0.371. The Morgan fingerprint density at radius 3 is 2.92 bits per heavy atom. The van der Waals surface area contributed by atoms with E-state index < -0.39 is 0 Å². The highest BCUT2D eigenvalue weighted by Gasteiger charge is 2.41. The maximum absolute atomic E-state index is 11.5. The van der Waals surface area contributed by atoms with Crippen LogP contribution in [0.15, 0.2) is 0 Å². The number of likely N-dealkylation sites (tertiary alicyclic amines) is 1. The lowest BCUT2D eigenvalue weighted by Gasteiger charge is -2.28. The van der Waals surface area contributed by atoms with Crippen molar-refractivity contribution in [2.75, 3.05) is 13.2 Å². The molecule has 2 heterocycles. The van der Waals surface area contributed by atoms with Crippen molar-refractivity contribution in [3.63, 3.8) is 0 Å². The van der Waals surface area contributed by atoms with Gasteiger partial charge >= 0.3 is 0 Å². The number of nitrogens with two attached hydrogens (primary N) is 1. The number of ether oxygens (including phenoxy) is 1. The zero-order valence-electron chi connectivity index (χ0n) is 7.19. The summed E-state index contributed by atoms with van der Waals surface area (Å²) >= 11 is 0. The monoisotopic (exact) mass is 170 g/mol. The molecule has 2 bridgehead atoms. The lowest BCUT2D eigenvalue weighted by atomic mass is 10.2. The molecular weight excluding hydrogens is 156 g/mol. The highest BCUT2D eigenvalue weighted by molar-refractivity contribution is 5.82. The fourth-order valence-corrected chi connectivity index (χ4v) is 1.93. The summed E-state index contributed by atoms with van der Waals surface area (Å²) in [5.74, 6) is 0.0609. The number of morpholine rings is 1. The molecule has 2 fully saturated rings. The molecule has 2 aliphatic heterocycles. The van der Waals surface area contributed by atoms with Crippen molar-refractivity contribution < 1.29 is 9.53 Å². The van der Waals surface area contributed by atoms with Gasteiger partial charge in [0.15, 0.2) is 0 Å². The molecule has 0 unspecified atom stereocenters. The van der Waals surface area contributed by atoms with Gasteiger partial charge in [0.25, 0.3) is 0 Å². The predicted octanol–water partition coefficient (Wildman–Crippen LogP) is -0.667. The molecule has 68 valence electrons. The SMILES string of the molecule is C[C@H](N)C(=O)N1C[C@@H]2C[C@@H]1CO2. The van der Waals surface area contributed by atoms with Crippen LogP contribution in [0.5, 0.6) is 0 Å². The van der Waals surface area contributed by atoms with Crippen molar-refractivity contribution in [1.29, 1.82) is 0 Å². The van der Waals surface area contributed by atoms with Gasteiger partial charge in [0.1, 0.15) is 0 Å². The van der Waals surface area contributed by atoms with Crippen LogP contribution in [0, 0.1) is 0 Å². The molecule has 0 spiro atoms. The molecule has 4 nitrogen and oxygen atoms in total. The van der Waals surface area contributed by atoms with Crippen molar-refractivity contribution in [2.45, 2.75) is 31.5 Å². The van der Waals surface area contributed by atoms with Crippen LogP contribution in [-0.2, 0) is 9.53 Å². The first-order chi connectivity index (χ1) is 5.68. The summed E-state index contributed by atoms with van der Waals surface area (Å²) in [6.45, 7) is 3.17. The first kappa shape index (κ1) is 8.01. The van der Waals surface area contributed by atoms with Crippen LogP contribution >= 0.6 is 0 Å². The average Bonchev–Trinajstić information content (AvgIpc) is 2.62. The lowest BCUT2D eigenvalue weighted by Crippen LogP contribution is -2.48. The van der Waals surface area contributed by atoms with Gasteiger partial charge in [0.2, 0.25) is 5.91 Å². The van der Waals surface area contributed by atoms with Crippen LogP contribution in [0.4, 0.5) is 0 Å². The molecule has 0 aromatic rings. The number of amides is 1. The highest BCUT2D eigenvalue weighted by Crippen LogP contribution is 2.27. The summed E-state index contributed by atoms with van der Waals surface area (Å²) in [4.78, 5) is 13.3. The van der Waals surface area contributed by atoms with E-state index in [4.69, 9.17) is 10.5 Å². The van der Waals surface area contributed by atoms with E-state index in [2.05, 4.69) is 0 Å². The molecule has 0 radical (unpaired) electrons. The van der Waals surface area contributed by atoms with E-state index in [1.165, 1.54) is 0 Å². The number of carbonyl (C=O) groups is 1. The van der Waals surface area contributed by atoms with Crippen LogP contribution in [0.3, 0.4) is 0 Å². The quantitative estimate of drug-likeness (QED) is 0.568. The molecule has 3 atom stereocenters. The Kier molecular flexibility index (Phi) is 1.81. The second-order valence-corrected chi connectivity index (χ2v) is 3.62. The summed E-state index contributed by atoms with van der Waals surface area (Å²) in [5.41, 5.74) is 5.52. The van der Waals surface area contributed by atoms with Gasteiger partial charge in [0.05, 0.1) is 24.8 Å². The van der Waals surface area contributed by atoms with Crippen LogP contribution in [0.1, 0.15) is 13.3 Å². The molecule has 4 heteroatoms. The van der Waals surface area contributed by atoms with Crippen molar-refractivity contribution >= 4 is 5.91 Å². The van der Waals surface area contributed by atoms with Crippen LogP contribution in [0.2, 0.25) is 0 Å². The van der Waals surface area contributed by atoms with Crippen molar-refractivity contribution in [3.05, 3.63) is 0 Å². The Balaban J connectivity index is 2.02. The molecule has 0 aromatic heterocycles. The third kappa shape index (κ3) is 1.11. The maximum Gasteiger partial charge on any atom is 0.239 e. The molecule has 0 saturated carbocycles. The number of hydrogen-bond donors (Lipinski definition) is 1. The largest absolute Gasteiger partial charge is 0.374 e. The first-order valence-electron chi connectivity index (χ1n) is 4.36. The molecule has 2 rings (SSSR count). The van der Waals surface area contributed by atoms with Gasteiger partial charge < -0.3 is 15.4 Å². The third-order valence-electron chi connectivity index (χ3n) is 2.57. The zero-order valence-corrected chi connectivity index (χ0v) is 7.19. The topological polar surface area (TPSA) is 55.6 Å². The van der Waals surface area contributed by atoms with Crippen LogP contribution < -0.4 is 5.73 Å². The Morgan fingerprint density at radius 2 is 2.50 bits per heavy atom. The zero-order chi connectivity index (χ0) is 8.72. The second kappa shape index (κ2) is 2.71.